The molecule has 4 rings (SSSR count). The van der Waals surface area contributed by atoms with Gasteiger partial charge in [-0.25, -0.2) is 17.9 Å². The number of nitrogens with one attached hydrogen (secondary N) is 1. The van der Waals surface area contributed by atoms with Gasteiger partial charge >= 0.3 is 0 Å². The standard InChI is InChI=1S/C27H37F3N8O/c1-17(2)37-12-14-38(15-13-37)22-16-20-24(33-32-22)26(39)36(6)34-25(20)31-18(3)19-8-7-9-21(23(19)28)27(29,30)10-11-35(4)5/h7-9,16-18H,10-15H2,1-6H3,(H,31,34)/t18-/m1/s1. The first-order valence-corrected chi connectivity index (χ1v) is 13.2. The van der Waals surface area contributed by atoms with Crippen molar-refractivity contribution in [1.82, 2.24) is 29.8 Å². The summed E-state index contributed by atoms with van der Waals surface area (Å²) < 4.78 is 46.4. The lowest BCUT2D eigenvalue weighted by atomic mass is 9.98. The zero-order valence-corrected chi connectivity index (χ0v) is 23.4. The second kappa shape index (κ2) is 11.5. The number of nitrogens with zero attached hydrogens (tertiary/aromatic N) is 7. The average molecular weight is 547 g/mol. The van der Waals surface area contributed by atoms with E-state index in [1.807, 2.05) is 0 Å². The first-order valence-electron chi connectivity index (χ1n) is 13.2. The van der Waals surface area contributed by atoms with E-state index in [2.05, 4.69) is 44.3 Å². The second-order valence-electron chi connectivity index (χ2n) is 10.7. The SMILES string of the molecule is CC(C)N1CCN(c2cc3c(N[C@H](C)c4cccc(C(F)(F)CCN(C)C)c4F)nn(C)c(=O)c3nn2)CC1. The van der Waals surface area contributed by atoms with Crippen LogP contribution < -0.4 is 15.8 Å². The molecule has 0 radical (unpaired) electrons. The first-order chi connectivity index (χ1) is 18.4. The molecule has 39 heavy (non-hydrogen) atoms. The van der Waals surface area contributed by atoms with Crippen LogP contribution in [0.4, 0.5) is 24.8 Å². The van der Waals surface area contributed by atoms with Gasteiger partial charge in [0.15, 0.2) is 17.2 Å². The van der Waals surface area contributed by atoms with Gasteiger partial charge in [0.25, 0.3) is 11.5 Å². The molecule has 0 bridgehead atoms. The summed E-state index contributed by atoms with van der Waals surface area (Å²) in [7, 11) is 4.88. The fraction of sp³-hybridized carbons (Fsp3) is 0.556. The molecule has 3 aromatic rings. The number of fused-ring (bicyclic) bond motifs is 1. The van der Waals surface area contributed by atoms with Crippen LogP contribution in [0.2, 0.25) is 0 Å². The summed E-state index contributed by atoms with van der Waals surface area (Å²) >= 11 is 0. The van der Waals surface area contributed by atoms with Gasteiger partial charge in [-0.1, -0.05) is 18.2 Å². The topological polar surface area (TPSA) is 82.4 Å². The highest BCUT2D eigenvalue weighted by Gasteiger charge is 2.35. The van der Waals surface area contributed by atoms with Crippen molar-refractivity contribution in [3.63, 3.8) is 0 Å². The minimum Gasteiger partial charge on any atom is -0.361 e. The van der Waals surface area contributed by atoms with Crippen LogP contribution in [0.3, 0.4) is 0 Å². The van der Waals surface area contributed by atoms with E-state index in [4.69, 9.17) is 0 Å². The number of halogens is 3. The number of hydrogen-bond donors (Lipinski definition) is 1. The Bertz CT molecular complexity index is 1370. The summed E-state index contributed by atoms with van der Waals surface area (Å²) in [5, 5.41) is 16.5. The molecule has 1 saturated heterocycles. The molecule has 0 unspecified atom stereocenters. The molecule has 0 aliphatic carbocycles. The van der Waals surface area contributed by atoms with Crippen LogP contribution in [0, 0.1) is 5.82 Å². The van der Waals surface area contributed by atoms with Gasteiger partial charge in [-0.2, -0.15) is 5.10 Å². The predicted molar refractivity (Wildman–Crippen MR) is 147 cm³/mol. The van der Waals surface area contributed by atoms with Crippen LogP contribution in [-0.4, -0.2) is 82.6 Å². The summed E-state index contributed by atoms with van der Waals surface area (Å²) in [6.07, 6.45) is -0.498. The summed E-state index contributed by atoms with van der Waals surface area (Å²) in [6, 6.07) is 5.52. The van der Waals surface area contributed by atoms with Crippen molar-refractivity contribution in [1.29, 1.82) is 0 Å². The molecular formula is C27H37F3N8O. The maximum absolute atomic E-state index is 15.5. The molecular weight excluding hydrogens is 509 g/mol. The zero-order chi connectivity index (χ0) is 28.5. The van der Waals surface area contributed by atoms with E-state index < -0.39 is 35.3 Å². The van der Waals surface area contributed by atoms with E-state index in [0.29, 0.717) is 23.1 Å². The number of aromatic nitrogens is 4. The van der Waals surface area contributed by atoms with E-state index in [0.717, 1.165) is 36.9 Å². The molecule has 3 heterocycles. The van der Waals surface area contributed by atoms with E-state index in [1.54, 1.807) is 32.0 Å². The monoisotopic (exact) mass is 546 g/mol. The van der Waals surface area contributed by atoms with Crippen molar-refractivity contribution in [3.8, 4) is 0 Å². The molecule has 212 valence electrons. The Morgan fingerprint density at radius 1 is 1.10 bits per heavy atom. The highest BCUT2D eigenvalue weighted by Crippen LogP contribution is 2.36. The third-order valence-corrected chi connectivity index (χ3v) is 7.27. The Kier molecular flexibility index (Phi) is 8.45. The number of alkyl halides is 2. The number of aryl methyl sites for hydroxylation is 1. The maximum Gasteiger partial charge on any atom is 0.295 e. The van der Waals surface area contributed by atoms with Crippen LogP contribution in [0.1, 0.15) is 44.4 Å². The quantitative estimate of drug-likeness (QED) is 0.436. The molecule has 2 aromatic heterocycles. The Labute approximate surface area is 226 Å². The van der Waals surface area contributed by atoms with Crippen LogP contribution in [0.15, 0.2) is 29.1 Å². The first kappa shape index (κ1) is 28.8. The molecule has 1 aromatic carbocycles. The number of piperazine rings is 1. The fourth-order valence-corrected chi connectivity index (χ4v) is 4.80. The molecule has 0 spiro atoms. The third-order valence-electron chi connectivity index (χ3n) is 7.27. The van der Waals surface area contributed by atoms with Crippen LogP contribution in [-0.2, 0) is 13.0 Å². The Hall–Kier alpha value is -3.25. The number of benzene rings is 1. The van der Waals surface area contributed by atoms with E-state index in [1.165, 1.54) is 19.2 Å². The van der Waals surface area contributed by atoms with E-state index >= 15 is 4.39 Å². The van der Waals surface area contributed by atoms with Gasteiger partial charge in [-0.05, 0) is 40.9 Å². The van der Waals surface area contributed by atoms with Crippen LogP contribution >= 0.6 is 0 Å². The number of rotatable bonds is 9. The van der Waals surface area contributed by atoms with Crippen molar-refractivity contribution < 1.29 is 13.2 Å². The van der Waals surface area contributed by atoms with Gasteiger partial charge in [0.1, 0.15) is 5.82 Å². The lowest BCUT2D eigenvalue weighted by Gasteiger charge is -2.37. The van der Waals surface area contributed by atoms with Crippen molar-refractivity contribution >= 4 is 22.5 Å². The highest BCUT2D eigenvalue weighted by molar-refractivity contribution is 5.89. The smallest absolute Gasteiger partial charge is 0.295 e. The minimum absolute atomic E-state index is 0.0767. The van der Waals surface area contributed by atoms with Crippen molar-refractivity contribution in [2.45, 2.75) is 45.2 Å². The van der Waals surface area contributed by atoms with Gasteiger partial charge in [0, 0.05) is 57.8 Å². The average Bonchev–Trinajstić information content (AvgIpc) is 2.90. The third kappa shape index (κ3) is 6.17. The molecule has 1 aliphatic heterocycles. The summed E-state index contributed by atoms with van der Waals surface area (Å²) in [5.41, 5.74) is -0.854. The summed E-state index contributed by atoms with van der Waals surface area (Å²) in [6.45, 7) is 9.39. The molecule has 9 nitrogen and oxygen atoms in total. The molecule has 1 fully saturated rings. The van der Waals surface area contributed by atoms with E-state index in [9.17, 15) is 13.6 Å². The molecule has 1 aliphatic rings. The Balaban J connectivity index is 1.65. The normalized spacial score (nSPS) is 15.9. The highest BCUT2D eigenvalue weighted by atomic mass is 19.3. The zero-order valence-electron chi connectivity index (χ0n) is 23.4. The van der Waals surface area contributed by atoms with Gasteiger partial charge in [0.05, 0.1) is 17.0 Å². The Morgan fingerprint density at radius 2 is 1.79 bits per heavy atom. The van der Waals surface area contributed by atoms with Crippen molar-refractivity contribution in [2.24, 2.45) is 7.05 Å². The Morgan fingerprint density at radius 3 is 2.44 bits per heavy atom. The lowest BCUT2D eigenvalue weighted by molar-refractivity contribution is -0.0221. The summed E-state index contributed by atoms with van der Waals surface area (Å²) in [5.74, 6) is -3.37. The number of anilines is 2. The molecule has 1 atom stereocenters. The van der Waals surface area contributed by atoms with Gasteiger partial charge < -0.3 is 15.1 Å². The lowest BCUT2D eigenvalue weighted by Crippen LogP contribution is -2.49. The largest absolute Gasteiger partial charge is 0.361 e. The molecule has 0 saturated carbocycles. The minimum atomic E-state index is -3.32. The van der Waals surface area contributed by atoms with Gasteiger partial charge in [0.2, 0.25) is 0 Å². The summed E-state index contributed by atoms with van der Waals surface area (Å²) in [4.78, 5) is 18.9. The number of hydrogen-bond acceptors (Lipinski definition) is 8. The molecule has 1 N–H and O–H groups in total. The van der Waals surface area contributed by atoms with Gasteiger partial charge in [-0.3, -0.25) is 9.69 Å². The van der Waals surface area contributed by atoms with E-state index in [-0.39, 0.29) is 17.6 Å². The second-order valence-corrected chi connectivity index (χ2v) is 10.7. The van der Waals surface area contributed by atoms with Crippen LogP contribution in [0.25, 0.3) is 10.9 Å². The van der Waals surface area contributed by atoms with Crippen molar-refractivity contribution in [2.75, 3.05) is 57.0 Å². The molecule has 12 heteroatoms. The van der Waals surface area contributed by atoms with Crippen molar-refractivity contribution in [3.05, 3.63) is 51.6 Å². The van der Waals surface area contributed by atoms with Crippen LogP contribution in [0.5, 0.6) is 0 Å². The fourth-order valence-electron chi connectivity index (χ4n) is 4.80. The predicted octanol–water partition coefficient (Wildman–Crippen LogP) is 3.61. The van der Waals surface area contributed by atoms with Gasteiger partial charge in [-0.15, -0.1) is 10.2 Å². The molecule has 0 amide bonds. The maximum atomic E-state index is 15.5.